The van der Waals surface area contributed by atoms with E-state index in [4.69, 9.17) is 16.3 Å². The SMILES string of the molecule is CC(C)(C)n1cc(CNC2CCCOc3c(Cl)cccc32)nn1. The van der Waals surface area contributed by atoms with Crippen LogP contribution in [0.5, 0.6) is 5.75 Å². The van der Waals surface area contributed by atoms with Gasteiger partial charge in [0.05, 0.1) is 29.1 Å². The first-order valence-electron chi connectivity index (χ1n) is 8.01. The number of nitrogens with zero attached hydrogens (tertiary/aromatic N) is 3. The standard InChI is InChI=1S/C17H23ClN4O/c1-17(2,3)22-11-12(20-21-22)10-19-15-8-5-9-23-16-13(15)6-4-7-14(16)18/h4,6-7,11,15,19H,5,8-10H2,1-3H3. The number of rotatable bonds is 3. The third-order valence-electron chi connectivity index (χ3n) is 4.01. The van der Waals surface area contributed by atoms with Gasteiger partial charge in [-0.2, -0.15) is 0 Å². The van der Waals surface area contributed by atoms with Gasteiger partial charge in [0.2, 0.25) is 0 Å². The van der Waals surface area contributed by atoms with Crippen LogP contribution in [-0.4, -0.2) is 21.6 Å². The summed E-state index contributed by atoms with van der Waals surface area (Å²) < 4.78 is 7.70. The van der Waals surface area contributed by atoms with Crippen LogP contribution in [0.4, 0.5) is 0 Å². The van der Waals surface area contributed by atoms with E-state index in [1.165, 1.54) is 0 Å². The van der Waals surface area contributed by atoms with Crippen LogP contribution >= 0.6 is 11.6 Å². The van der Waals surface area contributed by atoms with Crippen LogP contribution in [0.25, 0.3) is 0 Å². The first kappa shape index (κ1) is 16.3. The largest absolute Gasteiger partial charge is 0.492 e. The van der Waals surface area contributed by atoms with Crippen molar-refractivity contribution >= 4 is 11.6 Å². The van der Waals surface area contributed by atoms with Gasteiger partial charge in [0.1, 0.15) is 5.75 Å². The maximum atomic E-state index is 6.27. The molecule has 1 aromatic heterocycles. The third kappa shape index (κ3) is 3.67. The number of aromatic nitrogens is 3. The van der Waals surface area contributed by atoms with E-state index in [1.54, 1.807) is 0 Å². The molecule has 0 amide bonds. The molecular weight excluding hydrogens is 312 g/mol. The summed E-state index contributed by atoms with van der Waals surface area (Å²) in [5.74, 6) is 0.808. The van der Waals surface area contributed by atoms with Crippen molar-refractivity contribution in [3.63, 3.8) is 0 Å². The van der Waals surface area contributed by atoms with E-state index in [9.17, 15) is 0 Å². The summed E-state index contributed by atoms with van der Waals surface area (Å²) in [5, 5.41) is 12.7. The van der Waals surface area contributed by atoms with E-state index in [2.05, 4.69) is 42.5 Å². The van der Waals surface area contributed by atoms with Crippen LogP contribution in [0.2, 0.25) is 5.02 Å². The van der Waals surface area contributed by atoms with E-state index >= 15 is 0 Å². The molecule has 1 atom stereocenters. The summed E-state index contributed by atoms with van der Waals surface area (Å²) in [6.45, 7) is 7.71. The molecule has 0 bridgehead atoms. The van der Waals surface area contributed by atoms with Gasteiger partial charge in [-0.05, 0) is 39.7 Å². The molecule has 23 heavy (non-hydrogen) atoms. The number of hydrogen-bond donors (Lipinski definition) is 1. The Labute approximate surface area is 142 Å². The lowest BCUT2D eigenvalue weighted by molar-refractivity contribution is 0.315. The highest BCUT2D eigenvalue weighted by atomic mass is 35.5. The van der Waals surface area contributed by atoms with Crippen LogP contribution < -0.4 is 10.1 Å². The Morgan fingerprint density at radius 2 is 2.22 bits per heavy atom. The van der Waals surface area contributed by atoms with E-state index in [0.29, 0.717) is 18.2 Å². The minimum absolute atomic E-state index is 0.0540. The number of hydrogen-bond acceptors (Lipinski definition) is 4. The zero-order valence-electron chi connectivity index (χ0n) is 13.8. The van der Waals surface area contributed by atoms with Crippen molar-refractivity contribution < 1.29 is 4.74 Å². The van der Waals surface area contributed by atoms with Gasteiger partial charge in [0.25, 0.3) is 0 Å². The molecule has 1 aliphatic heterocycles. The Kier molecular flexibility index (Phi) is 4.60. The van der Waals surface area contributed by atoms with Gasteiger partial charge >= 0.3 is 0 Å². The summed E-state index contributed by atoms with van der Waals surface area (Å²) in [6.07, 6.45) is 4.01. The van der Waals surface area contributed by atoms with Crippen molar-refractivity contribution in [2.24, 2.45) is 0 Å². The van der Waals surface area contributed by atoms with Gasteiger partial charge in [-0.1, -0.05) is 28.9 Å². The number of benzene rings is 1. The van der Waals surface area contributed by atoms with Crippen molar-refractivity contribution in [1.82, 2.24) is 20.3 Å². The summed E-state index contributed by atoms with van der Waals surface area (Å²) in [4.78, 5) is 0. The van der Waals surface area contributed by atoms with E-state index < -0.39 is 0 Å². The summed E-state index contributed by atoms with van der Waals surface area (Å²) in [6, 6.07) is 6.14. The van der Waals surface area contributed by atoms with E-state index in [-0.39, 0.29) is 11.6 Å². The van der Waals surface area contributed by atoms with Gasteiger partial charge in [-0.25, -0.2) is 4.68 Å². The molecule has 2 aromatic rings. The van der Waals surface area contributed by atoms with E-state index in [1.807, 2.05) is 23.0 Å². The Morgan fingerprint density at radius 3 is 2.96 bits per heavy atom. The average molecular weight is 335 g/mol. The van der Waals surface area contributed by atoms with Gasteiger partial charge in [-0.15, -0.1) is 5.10 Å². The molecule has 0 aliphatic carbocycles. The van der Waals surface area contributed by atoms with Crippen LogP contribution in [0.1, 0.15) is 50.9 Å². The van der Waals surface area contributed by atoms with Crippen molar-refractivity contribution in [2.75, 3.05) is 6.61 Å². The molecule has 1 aromatic carbocycles. The number of halogens is 1. The minimum Gasteiger partial charge on any atom is -0.492 e. The second-order valence-corrected chi connectivity index (χ2v) is 7.31. The number of para-hydroxylation sites is 1. The molecule has 1 N–H and O–H groups in total. The molecule has 5 nitrogen and oxygen atoms in total. The monoisotopic (exact) mass is 334 g/mol. The van der Waals surface area contributed by atoms with Crippen LogP contribution in [0.15, 0.2) is 24.4 Å². The van der Waals surface area contributed by atoms with Crippen LogP contribution in [0, 0.1) is 0 Å². The van der Waals surface area contributed by atoms with Crippen LogP contribution in [0.3, 0.4) is 0 Å². The zero-order chi connectivity index (χ0) is 16.4. The number of nitrogens with one attached hydrogen (secondary N) is 1. The van der Waals surface area contributed by atoms with E-state index in [0.717, 1.165) is 29.8 Å². The van der Waals surface area contributed by atoms with Crippen molar-refractivity contribution in [1.29, 1.82) is 0 Å². The first-order chi connectivity index (χ1) is 10.9. The summed E-state index contributed by atoms with van der Waals surface area (Å²) >= 11 is 6.27. The summed E-state index contributed by atoms with van der Waals surface area (Å²) in [7, 11) is 0. The highest BCUT2D eigenvalue weighted by Crippen LogP contribution is 2.36. The van der Waals surface area contributed by atoms with Crippen molar-refractivity contribution in [3.05, 3.63) is 40.7 Å². The van der Waals surface area contributed by atoms with Gasteiger partial charge in [0, 0.05) is 18.2 Å². The van der Waals surface area contributed by atoms with Gasteiger partial charge in [0.15, 0.2) is 0 Å². The second-order valence-electron chi connectivity index (χ2n) is 6.91. The van der Waals surface area contributed by atoms with Crippen molar-refractivity contribution in [2.45, 2.75) is 51.7 Å². The topological polar surface area (TPSA) is 52.0 Å². The Bertz CT molecular complexity index is 677. The molecular formula is C17H23ClN4O. The molecule has 124 valence electrons. The third-order valence-corrected chi connectivity index (χ3v) is 4.31. The lowest BCUT2D eigenvalue weighted by atomic mass is 10.0. The average Bonchev–Trinajstić information content (AvgIpc) is 2.88. The maximum Gasteiger partial charge on any atom is 0.142 e. The number of ether oxygens (including phenoxy) is 1. The minimum atomic E-state index is -0.0540. The predicted octanol–water partition coefficient (Wildman–Crippen LogP) is 3.69. The molecule has 6 heteroatoms. The molecule has 0 radical (unpaired) electrons. The molecule has 0 saturated carbocycles. The second kappa shape index (κ2) is 6.49. The maximum absolute atomic E-state index is 6.27. The molecule has 2 heterocycles. The van der Waals surface area contributed by atoms with Gasteiger partial charge in [-0.3, -0.25) is 0 Å². The van der Waals surface area contributed by atoms with Crippen LogP contribution in [-0.2, 0) is 12.1 Å². The molecule has 0 fully saturated rings. The highest BCUT2D eigenvalue weighted by molar-refractivity contribution is 6.32. The number of fused-ring (bicyclic) bond motifs is 1. The fraction of sp³-hybridized carbons (Fsp3) is 0.529. The lowest BCUT2D eigenvalue weighted by Gasteiger charge is -2.19. The zero-order valence-corrected chi connectivity index (χ0v) is 14.6. The first-order valence-corrected chi connectivity index (χ1v) is 8.39. The predicted molar refractivity (Wildman–Crippen MR) is 90.8 cm³/mol. The fourth-order valence-corrected chi connectivity index (χ4v) is 2.95. The molecule has 3 rings (SSSR count). The lowest BCUT2D eigenvalue weighted by Crippen LogP contribution is -2.22. The summed E-state index contributed by atoms with van der Waals surface area (Å²) in [5.41, 5.74) is 2.01. The smallest absolute Gasteiger partial charge is 0.142 e. The fourth-order valence-electron chi connectivity index (χ4n) is 2.72. The van der Waals surface area contributed by atoms with Gasteiger partial charge < -0.3 is 10.1 Å². The quantitative estimate of drug-likeness (QED) is 0.930. The molecule has 1 unspecified atom stereocenters. The molecule has 1 aliphatic rings. The Balaban J connectivity index is 1.74. The highest BCUT2D eigenvalue weighted by Gasteiger charge is 2.22. The Hall–Kier alpha value is -1.59. The van der Waals surface area contributed by atoms with Crippen molar-refractivity contribution in [3.8, 4) is 5.75 Å². The molecule has 0 saturated heterocycles. The molecule has 0 spiro atoms. The normalized spacial score (nSPS) is 18.2. The Morgan fingerprint density at radius 1 is 1.39 bits per heavy atom.